The Bertz CT molecular complexity index is 553. The normalized spacial score (nSPS) is 13.7. The van der Waals surface area contributed by atoms with Crippen LogP contribution in [0.4, 0.5) is 5.69 Å². The van der Waals surface area contributed by atoms with Crippen molar-refractivity contribution < 1.29 is 0 Å². The lowest BCUT2D eigenvalue weighted by Crippen LogP contribution is -2.53. The van der Waals surface area contributed by atoms with Crippen molar-refractivity contribution >= 4 is 17.3 Å². The number of para-hydroxylation sites is 1. The second-order valence-corrected chi connectivity index (χ2v) is 6.02. The maximum atomic E-state index is 6.13. The molecule has 1 unspecified atom stereocenters. The number of anilines is 1. The zero-order valence-corrected chi connectivity index (χ0v) is 13.5. The molecular formula is C18H23ClN2. The van der Waals surface area contributed by atoms with Crippen LogP contribution in [0.15, 0.2) is 54.6 Å². The first-order chi connectivity index (χ1) is 10.1. The van der Waals surface area contributed by atoms with Gasteiger partial charge in [0.15, 0.2) is 0 Å². The molecule has 0 aliphatic heterocycles. The Hall–Kier alpha value is -1.51. The Morgan fingerprint density at radius 2 is 1.67 bits per heavy atom. The summed E-state index contributed by atoms with van der Waals surface area (Å²) < 4.78 is 0. The van der Waals surface area contributed by atoms with Crippen molar-refractivity contribution in [3.63, 3.8) is 0 Å². The largest absolute Gasteiger partial charge is 0.365 e. The average Bonchev–Trinajstić information content (AvgIpc) is 2.51. The first kappa shape index (κ1) is 15.9. The standard InChI is InChI=1S/C18H23ClN2/c1-3-21(17-7-5-4-6-8-17)18(2,14-20)13-15-9-11-16(19)12-10-15/h4-12H,3,13-14,20H2,1-2H3. The molecule has 2 aromatic carbocycles. The minimum absolute atomic E-state index is 0.121. The van der Waals surface area contributed by atoms with Gasteiger partial charge < -0.3 is 10.6 Å². The van der Waals surface area contributed by atoms with Gasteiger partial charge in [-0.15, -0.1) is 0 Å². The van der Waals surface area contributed by atoms with Gasteiger partial charge in [-0.05, 0) is 50.1 Å². The molecule has 0 spiro atoms. The van der Waals surface area contributed by atoms with Crippen LogP contribution in [-0.2, 0) is 6.42 Å². The van der Waals surface area contributed by atoms with Gasteiger partial charge in [0.25, 0.3) is 0 Å². The molecule has 0 aliphatic rings. The summed E-state index contributed by atoms with van der Waals surface area (Å²) in [6, 6.07) is 18.5. The summed E-state index contributed by atoms with van der Waals surface area (Å²) in [6.45, 7) is 5.91. The fraction of sp³-hybridized carbons (Fsp3) is 0.333. The number of nitrogens with two attached hydrogens (primary N) is 1. The molecule has 2 N–H and O–H groups in total. The molecular weight excluding hydrogens is 280 g/mol. The van der Waals surface area contributed by atoms with E-state index in [9.17, 15) is 0 Å². The van der Waals surface area contributed by atoms with Crippen LogP contribution in [-0.4, -0.2) is 18.6 Å². The highest BCUT2D eigenvalue weighted by molar-refractivity contribution is 6.30. The number of nitrogens with zero attached hydrogens (tertiary/aromatic N) is 1. The third kappa shape index (κ3) is 3.78. The molecule has 112 valence electrons. The number of likely N-dealkylation sites (N-methyl/N-ethyl adjacent to an activating group) is 1. The maximum absolute atomic E-state index is 6.13. The molecule has 2 aromatic rings. The van der Waals surface area contributed by atoms with Crippen molar-refractivity contribution in [2.24, 2.45) is 5.73 Å². The molecule has 0 aliphatic carbocycles. The first-order valence-corrected chi connectivity index (χ1v) is 7.74. The molecule has 21 heavy (non-hydrogen) atoms. The highest BCUT2D eigenvalue weighted by Gasteiger charge is 2.30. The van der Waals surface area contributed by atoms with Gasteiger partial charge in [-0.3, -0.25) is 0 Å². The summed E-state index contributed by atoms with van der Waals surface area (Å²) in [5.74, 6) is 0. The van der Waals surface area contributed by atoms with Gasteiger partial charge in [0.1, 0.15) is 0 Å². The molecule has 0 bridgehead atoms. The van der Waals surface area contributed by atoms with E-state index in [0.29, 0.717) is 6.54 Å². The Balaban J connectivity index is 2.28. The number of halogens is 1. The SMILES string of the molecule is CCN(c1ccccc1)C(C)(CN)Cc1ccc(Cl)cc1. The molecule has 0 saturated carbocycles. The molecule has 0 aromatic heterocycles. The van der Waals surface area contributed by atoms with Crippen LogP contribution in [0.2, 0.25) is 5.02 Å². The first-order valence-electron chi connectivity index (χ1n) is 7.36. The van der Waals surface area contributed by atoms with E-state index in [1.807, 2.05) is 18.2 Å². The van der Waals surface area contributed by atoms with E-state index in [-0.39, 0.29) is 5.54 Å². The molecule has 0 radical (unpaired) electrons. The Kier molecular flexibility index (Phi) is 5.27. The number of hydrogen-bond donors (Lipinski definition) is 1. The van der Waals surface area contributed by atoms with Gasteiger partial charge in [0.2, 0.25) is 0 Å². The summed E-state index contributed by atoms with van der Waals surface area (Å²) in [4.78, 5) is 2.38. The quantitative estimate of drug-likeness (QED) is 0.869. The highest BCUT2D eigenvalue weighted by Crippen LogP contribution is 2.27. The summed E-state index contributed by atoms with van der Waals surface area (Å²) in [5, 5.41) is 0.767. The average molecular weight is 303 g/mol. The van der Waals surface area contributed by atoms with Gasteiger partial charge >= 0.3 is 0 Å². The van der Waals surface area contributed by atoms with Gasteiger partial charge in [0, 0.05) is 23.8 Å². The number of benzene rings is 2. The van der Waals surface area contributed by atoms with Crippen LogP contribution in [0, 0.1) is 0 Å². The summed E-state index contributed by atoms with van der Waals surface area (Å²) in [5.41, 5.74) is 8.47. The van der Waals surface area contributed by atoms with Crippen LogP contribution in [0.3, 0.4) is 0 Å². The predicted molar refractivity (Wildman–Crippen MR) is 92.1 cm³/mol. The third-order valence-corrected chi connectivity index (χ3v) is 4.23. The molecule has 3 heteroatoms. The van der Waals surface area contributed by atoms with Gasteiger partial charge in [-0.2, -0.15) is 0 Å². The lowest BCUT2D eigenvalue weighted by molar-refractivity contribution is 0.432. The molecule has 1 atom stereocenters. The second kappa shape index (κ2) is 6.97. The molecule has 0 fully saturated rings. The molecule has 0 saturated heterocycles. The Morgan fingerprint density at radius 3 is 2.19 bits per heavy atom. The van der Waals surface area contributed by atoms with Gasteiger partial charge in [0.05, 0.1) is 5.54 Å². The van der Waals surface area contributed by atoms with E-state index >= 15 is 0 Å². The van der Waals surface area contributed by atoms with Gasteiger partial charge in [-0.1, -0.05) is 41.9 Å². The Labute approximate surface area is 132 Å². The fourth-order valence-electron chi connectivity index (χ4n) is 2.80. The smallest absolute Gasteiger partial charge is 0.0536 e. The van der Waals surface area contributed by atoms with E-state index in [1.54, 1.807) is 0 Å². The summed E-state index contributed by atoms with van der Waals surface area (Å²) >= 11 is 5.97. The minimum atomic E-state index is -0.121. The van der Waals surface area contributed by atoms with Crippen LogP contribution >= 0.6 is 11.6 Å². The van der Waals surface area contributed by atoms with Crippen LogP contribution in [0.25, 0.3) is 0 Å². The second-order valence-electron chi connectivity index (χ2n) is 5.58. The Morgan fingerprint density at radius 1 is 1.05 bits per heavy atom. The highest BCUT2D eigenvalue weighted by atomic mass is 35.5. The monoisotopic (exact) mass is 302 g/mol. The minimum Gasteiger partial charge on any atom is -0.365 e. The van der Waals surface area contributed by atoms with Gasteiger partial charge in [-0.25, -0.2) is 0 Å². The third-order valence-electron chi connectivity index (χ3n) is 3.97. The summed E-state index contributed by atoms with van der Waals surface area (Å²) in [7, 11) is 0. The lowest BCUT2D eigenvalue weighted by Gasteiger charge is -2.42. The maximum Gasteiger partial charge on any atom is 0.0536 e. The van der Waals surface area contributed by atoms with E-state index < -0.39 is 0 Å². The molecule has 0 heterocycles. The van der Waals surface area contributed by atoms with Crippen molar-refractivity contribution in [2.75, 3.05) is 18.0 Å². The molecule has 2 rings (SSSR count). The number of rotatable bonds is 6. The van der Waals surface area contributed by atoms with Crippen LogP contribution in [0.1, 0.15) is 19.4 Å². The molecule has 2 nitrogen and oxygen atoms in total. The van der Waals surface area contributed by atoms with E-state index in [2.05, 4.69) is 55.1 Å². The summed E-state index contributed by atoms with van der Waals surface area (Å²) in [6.07, 6.45) is 0.892. The van der Waals surface area contributed by atoms with Crippen molar-refractivity contribution in [1.29, 1.82) is 0 Å². The van der Waals surface area contributed by atoms with Crippen molar-refractivity contribution in [1.82, 2.24) is 0 Å². The lowest BCUT2D eigenvalue weighted by atomic mass is 9.90. The van der Waals surface area contributed by atoms with E-state index in [0.717, 1.165) is 18.0 Å². The zero-order chi connectivity index (χ0) is 15.3. The molecule has 0 amide bonds. The van der Waals surface area contributed by atoms with Crippen LogP contribution in [0.5, 0.6) is 0 Å². The number of hydrogen-bond acceptors (Lipinski definition) is 2. The zero-order valence-electron chi connectivity index (χ0n) is 12.7. The van der Waals surface area contributed by atoms with E-state index in [1.165, 1.54) is 11.3 Å². The van der Waals surface area contributed by atoms with E-state index in [4.69, 9.17) is 17.3 Å². The van der Waals surface area contributed by atoms with Crippen molar-refractivity contribution in [3.8, 4) is 0 Å². The topological polar surface area (TPSA) is 29.3 Å². The van der Waals surface area contributed by atoms with Crippen LogP contribution < -0.4 is 10.6 Å². The predicted octanol–water partition coefficient (Wildman–Crippen LogP) is 4.13. The fourth-order valence-corrected chi connectivity index (χ4v) is 2.93. The van der Waals surface area contributed by atoms with Crippen molar-refractivity contribution in [2.45, 2.75) is 25.8 Å². The van der Waals surface area contributed by atoms with Crippen molar-refractivity contribution in [3.05, 3.63) is 65.2 Å².